The molecule has 41 heavy (non-hydrogen) atoms. The average molecular weight is 583 g/mol. The smallest absolute Gasteiger partial charge is 0.255 e. The fraction of sp³-hybridized carbons (Fsp3) is 0.562. The van der Waals surface area contributed by atoms with E-state index in [1.54, 1.807) is 29.7 Å². The third kappa shape index (κ3) is 8.10. The van der Waals surface area contributed by atoms with Gasteiger partial charge in [-0.05, 0) is 56.7 Å². The molecule has 2 aliphatic rings. The lowest BCUT2D eigenvalue weighted by Crippen LogP contribution is -2.55. The van der Waals surface area contributed by atoms with Crippen molar-refractivity contribution in [3.05, 3.63) is 59.2 Å². The van der Waals surface area contributed by atoms with E-state index in [9.17, 15) is 19.5 Å². The number of allylic oxidation sites excluding steroid dienone is 2. The Hall–Kier alpha value is -2.91. The standard InChI is InChI=1S/C32H46N4O4S/c1-8-24(23(6)41-20-33-9-2)15-14-22(5)17-34-29(37)27-16-32(7,40)19-36(27)31(39)28(21(3)4)35-18-25-12-10-11-13-26(25)30(35)38/h8,10-15,20-23,27-28,40H,9,16-19H2,1-7H3,(H,34,37)/b15-14-,24-8+,33-20-/t22?,23-,27+,28+,32-/m1/s1. The summed E-state index contributed by atoms with van der Waals surface area (Å²) in [7, 11) is 0. The molecule has 1 unspecified atom stereocenters. The minimum atomic E-state index is -1.20. The van der Waals surface area contributed by atoms with Gasteiger partial charge in [-0.1, -0.05) is 57.2 Å². The molecule has 5 atom stereocenters. The Morgan fingerprint density at radius 2 is 1.95 bits per heavy atom. The number of hydrogen-bond donors (Lipinski definition) is 2. The molecule has 0 saturated carbocycles. The molecule has 0 aromatic heterocycles. The van der Waals surface area contributed by atoms with Crippen LogP contribution in [0.2, 0.25) is 0 Å². The van der Waals surface area contributed by atoms with Crippen LogP contribution in [0.4, 0.5) is 0 Å². The predicted octanol–water partition coefficient (Wildman–Crippen LogP) is 4.44. The number of carbonyl (C=O) groups is 3. The Labute approximate surface area is 249 Å². The molecule has 224 valence electrons. The summed E-state index contributed by atoms with van der Waals surface area (Å²) in [5.41, 5.74) is 3.37. The Bertz CT molecular complexity index is 1190. The number of aliphatic imine (C=N–C) groups is 1. The molecule has 0 aliphatic carbocycles. The highest BCUT2D eigenvalue weighted by Crippen LogP contribution is 2.32. The number of nitrogens with one attached hydrogen (secondary N) is 1. The van der Waals surface area contributed by atoms with Crippen LogP contribution in [-0.4, -0.2) is 80.7 Å². The van der Waals surface area contributed by atoms with Gasteiger partial charge in [0.2, 0.25) is 11.8 Å². The largest absolute Gasteiger partial charge is 0.388 e. The number of benzene rings is 1. The molecule has 0 radical (unpaired) electrons. The molecule has 3 amide bonds. The first-order valence-corrected chi connectivity index (χ1v) is 15.5. The van der Waals surface area contributed by atoms with Crippen molar-refractivity contribution in [2.45, 2.75) is 84.4 Å². The van der Waals surface area contributed by atoms with E-state index in [0.29, 0.717) is 18.7 Å². The maximum absolute atomic E-state index is 14.0. The molecule has 0 bridgehead atoms. The van der Waals surface area contributed by atoms with E-state index in [-0.39, 0.29) is 47.8 Å². The number of carbonyl (C=O) groups excluding carboxylic acids is 3. The van der Waals surface area contributed by atoms with Crippen molar-refractivity contribution in [3.63, 3.8) is 0 Å². The number of nitrogens with zero attached hydrogens (tertiary/aromatic N) is 3. The number of amides is 3. The number of likely N-dealkylation sites (tertiary alicyclic amines) is 1. The second kappa shape index (κ2) is 14.3. The highest BCUT2D eigenvalue weighted by atomic mass is 32.2. The lowest BCUT2D eigenvalue weighted by atomic mass is 10.00. The summed E-state index contributed by atoms with van der Waals surface area (Å²) in [6, 6.07) is 5.85. The highest BCUT2D eigenvalue weighted by molar-refractivity contribution is 8.12. The molecule has 2 aliphatic heterocycles. The summed E-state index contributed by atoms with van der Waals surface area (Å²) < 4.78 is 0. The second-order valence-electron chi connectivity index (χ2n) is 11.7. The first kappa shape index (κ1) is 32.6. The molecule has 2 heterocycles. The number of rotatable bonds is 12. The van der Waals surface area contributed by atoms with Crippen molar-refractivity contribution in [3.8, 4) is 0 Å². The zero-order chi connectivity index (χ0) is 30.3. The summed E-state index contributed by atoms with van der Waals surface area (Å²) in [5, 5.41) is 14.2. The fourth-order valence-electron chi connectivity index (χ4n) is 5.46. The molecule has 0 spiro atoms. The second-order valence-corrected chi connectivity index (χ2v) is 12.9. The Morgan fingerprint density at radius 3 is 2.59 bits per heavy atom. The van der Waals surface area contributed by atoms with Gasteiger partial charge in [0, 0.05) is 36.9 Å². The van der Waals surface area contributed by atoms with Crippen LogP contribution in [0.1, 0.15) is 70.8 Å². The Balaban J connectivity index is 1.68. The third-order valence-electron chi connectivity index (χ3n) is 7.72. The summed E-state index contributed by atoms with van der Waals surface area (Å²) in [6.45, 7) is 15.2. The lowest BCUT2D eigenvalue weighted by Gasteiger charge is -2.35. The first-order valence-electron chi connectivity index (χ1n) is 14.6. The fourth-order valence-corrected chi connectivity index (χ4v) is 6.25. The normalized spacial score (nSPS) is 23.5. The van der Waals surface area contributed by atoms with Gasteiger partial charge in [0.05, 0.1) is 17.7 Å². The van der Waals surface area contributed by atoms with Crippen molar-refractivity contribution in [2.24, 2.45) is 16.8 Å². The van der Waals surface area contributed by atoms with Gasteiger partial charge in [-0.3, -0.25) is 19.4 Å². The van der Waals surface area contributed by atoms with Crippen LogP contribution in [-0.2, 0) is 16.1 Å². The zero-order valence-electron chi connectivity index (χ0n) is 25.5. The van der Waals surface area contributed by atoms with Crippen LogP contribution in [0.5, 0.6) is 0 Å². The van der Waals surface area contributed by atoms with Crippen LogP contribution < -0.4 is 5.32 Å². The van der Waals surface area contributed by atoms with E-state index in [1.807, 2.05) is 58.4 Å². The third-order valence-corrected chi connectivity index (χ3v) is 8.67. The van der Waals surface area contributed by atoms with E-state index in [2.05, 4.69) is 35.5 Å². The molecule has 2 N–H and O–H groups in total. The number of β-amino-alcohol motifs (C(OH)–C–C–N with tert-alkyl or cyclic N) is 1. The number of aliphatic hydroxyl groups is 1. The van der Waals surface area contributed by atoms with Crippen LogP contribution >= 0.6 is 11.8 Å². The van der Waals surface area contributed by atoms with Crippen molar-refractivity contribution < 1.29 is 19.5 Å². The molecule has 1 saturated heterocycles. The first-order chi connectivity index (χ1) is 19.4. The summed E-state index contributed by atoms with van der Waals surface area (Å²) in [5.74, 6) is -0.879. The molecular formula is C32H46N4O4S. The molecule has 1 fully saturated rings. The van der Waals surface area contributed by atoms with Gasteiger partial charge in [0.25, 0.3) is 5.91 Å². The van der Waals surface area contributed by atoms with Crippen molar-refractivity contribution in [1.29, 1.82) is 0 Å². The van der Waals surface area contributed by atoms with Crippen LogP contribution in [0.15, 0.2) is 53.1 Å². The quantitative estimate of drug-likeness (QED) is 0.216. The summed E-state index contributed by atoms with van der Waals surface area (Å²) >= 11 is 1.67. The molecule has 8 nitrogen and oxygen atoms in total. The van der Waals surface area contributed by atoms with Crippen LogP contribution in [0.3, 0.4) is 0 Å². The number of thioether (sulfide) groups is 1. The van der Waals surface area contributed by atoms with Crippen molar-refractivity contribution >= 4 is 35.0 Å². The van der Waals surface area contributed by atoms with E-state index < -0.39 is 17.7 Å². The molecule has 3 rings (SSSR count). The SMILES string of the molecule is C/C=C(\C=C/C(C)CNC(=O)[C@@H]1C[C@@](C)(O)CN1C(=O)[C@H](C(C)C)N1Cc2ccccc2C1=O)[C@@H](C)S/C=N\CC. The zero-order valence-corrected chi connectivity index (χ0v) is 26.3. The van der Waals surface area contributed by atoms with Gasteiger partial charge in [0.1, 0.15) is 12.1 Å². The highest BCUT2D eigenvalue weighted by Gasteiger charge is 2.49. The molecule has 1 aromatic rings. The molecule has 9 heteroatoms. The average Bonchev–Trinajstić information content (AvgIpc) is 3.43. The minimum absolute atomic E-state index is 0.0408. The van der Waals surface area contributed by atoms with E-state index in [0.717, 1.165) is 12.1 Å². The van der Waals surface area contributed by atoms with Crippen LogP contribution in [0.25, 0.3) is 0 Å². The van der Waals surface area contributed by atoms with Crippen molar-refractivity contribution in [1.82, 2.24) is 15.1 Å². The van der Waals surface area contributed by atoms with Gasteiger partial charge < -0.3 is 20.2 Å². The maximum Gasteiger partial charge on any atom is 0.255 e. The van der Waals surface area contributed by atoms with Gasteiger partial charge >= 0.3 is 0 Å². The topological polar surface area (TPSA) is 102 Å². The van der Waals surface area contributed by atoms with Gasteiger partial charge in [-0.15, -0.1) is 11.8 Å². The summed E-state index contributed by atoms with van der Waals surface area (Å²) in [4.78, 5) is 48.0. The van der Waals surface area contributed by atoms with Crippen molar-refractivity contribution in [2.75, 3.05) is 19.6 Å². The number of fused-ring (bicyclic) bond motifs is 1. The Kier molecular flexibility index (Phi) is 11.4. The van der Waals surface area contributed by atoms with Crippen LogP contribution in [0, 0.1) is 11.8 Å². The van der Waals surface area contributed by atoms with Gasteiger partial charge in [-0.25, -0.2) is 0 Å². The van der Waals surface area contributed by atoms with E-state index >= 15 is 0 Å². The lowest BCUT2D eigenvalue weighted by molar-refractivity contribution is -0.143. The minimum Gasteiger partial charge on any atom is -0.388 e. The van der Waals surface area contributed by atoms with E-state index in [4.69, 9.17) is 0 Å². The van der Waals surface area contributed by atoms with Gasteiger partial charge in [0.15, 0.2) is 0 Å². The van der Waals surface area contributed by atoms with E-state index in [1.165, 1.54) is 10.5 Å². The summed E-state index contributed by atoms with van der Waals surface area (Å²) in [6.07, 6.45) is 6.38. The predicted molar refractivity (Wildman–Crippen MR) is 167 cm³/mol. The van der Waals surface area contributed by atoms with Gasteiger partial charge in [-0.2, -0.15) is 0 Å². The monoisotopic (exact) mass is 582 g/mol. The Morgan fingerprint density at radius 1 is 1.24 bits per heavy atom. The molecular weight excluding hydrogens is 536 g/mol. The maximum atomic E-state index is 14.0. The number of hydrogen-bond acceptors (Lipinski definition) is 6. The molecule has 1 aromatic carbocycles.